The number of aromatic nitrogens is 1. The molecule has 150 valence electrons. The summed E-state index contributed by atoms with van der Waals surface area (Å²) in [5.74, 6) is -0.908. The maximum atomic E-state index is 13.2. The molecule has 0 saturated carbocycles. The fourth-order valence-corrected chi connectivity index (χ4v) is 4.20. The Bertz CT molecular complexity index is 1050. The Balaban J connectivity index is 1.60. The molecule has 0 radical (unpaired) electrons. The summed E-state index contributed by atoms with van der Waals surface area (Å²) in [5.41, 5.74) is 3.03. The molecule has 0 spiro atoms. The molecule has 0 aliphatic heterocycles. The van der Waals surface area contributed by atoms with Gasteiger partial charge < -0.3 is 10.6 Å². The Morgan fingerprint density at radius 3 is 2.52 bits per heavy atom. The number of aryl methyl sites for hydroxylation is 2. The molecule has 2 amide bonds. The third-order valence-electron chi connectivity index (χ3n) is 4.15. The Kier molecular flexibility index (Phi) is 6.76. The van der Waals surface area contributed by atoms with Gasteiger partial charge in [-0.15, -0.1) is 11.3 Å². The normalized spacial score (nSPS) is 10.6. The number of nitrogens with zero attached hydrogens (tertiary/aromatic N) is 1. The molecule has 2 aromatic carbocycles. The number of nitrogens with one attached hydrogen (secondary N) is 2. The fourth-order valence-electron chi connectivity index (χ4n) is 2.77. The monoisotopic (exact) mass is 475 g/mol. The van der Waals surface area contributed by atoms with E-state index < -0.39 is 0 Å². The number of halogens is 2. The summed E-state index contributed by atoms with van der Waals surface area (Å²) in [4.78, 5) is 29.7. The lowest BCUT2D eigenvalue weighted by Gasteiger charge is -2.10. The Labute approximate surface area is 180 Å². The average Bonchev–Trinajstić information content (AvgIpc) is 3.03. The van der Waals surface area contributed by atoms with Crippen LogP contribution < -0.4 is 10.6 Å². The molecule has 5 nitrogen and oxygen atoms in total. The van der Waals surface area contributed by atoms with Crippen molar-refractivity contribution in [1.82, 2.24) is 10.3 Å². The third-order valence-corrected chi connectivity index (χ3v) is 5.62. The lowest BCUT2D eigenvalue weighted by Crippen LogP contribution is -2.33. The van der Waals surface area contributed by atoms with Crippen LogP contribution in [-0.4, -0.2) is 23.3 Å². The molecule has 0 saturated heterocycles. The van der Waals surface area contributed by atoms with Crippen molar-refractivity contribution in [2.45, 2.75) is 20.3 Å². The summed E-state index contributed by atoms with van der Waals surface area (Å²) in [6.45, 7) is 3.62. The lowest BCUT2D eigenvalue weighted by molar-refractivity contribution is -0.123. The highest BCUT2D eigenvalue weighted by molar-refractivity contribution is 9.10. The van der Waals surface area contributed by atoms with Crippen LogP contribution in [0.2, 0.25) is 0 Å². The summed E-state index contributed by atoms with van der Waals surface area (Å²) < 4.78 is 14.1. The molecule has 3 rings (SSSR count). The molecule has 0 aliphatic carbocycles. The van der Waals surface area contributed by atoms with E-state index in [1.165, 1.54) is 23.5 Å². The minimum Gasteiger partial charge on any atom is -0.347 e. The first-order valence-corrected chi connectivity index (χ1v) is 10.5. The Morgan fingerprint density at radius 1 is 1.10 bits per heavy atom. The molecule has 1 aromatic heterocycles. The second-order valence-corrected chi connectivity index (χ2v) is 8.68. The van der Waals surface area contributed by atoms with Gasteiger partial charge in [0.25, 0.3) is 0 Å². The van der Waals surface area contributed by atoms with E-state index in [2.05, 4.69) is 31.5 Å². The summed E-state index contributed by atoms with van der Waals surface area (Å²) >= 11 is 4.79. The van der Waals surface area contributed by atoms with Crippen LogP contribution in [0, 0.1) is 19.7 Å². The second kappa shape index (κ2) is 9.28. The van der Waals surface area contributed by atoms with E-state index in [1.807, 2.05) is 26.0 Å². The van der Waals surface area contributed by atoms with Crippen molar-refractivity contribution in [3.05, 3.63) is 68.2 Å². The zero-order chi connectivity index (χ0) is 21.0. The standard InChI is InChI=1S/C21H19BrFN3O2S/c1-12-9-15(22)5-8-17(12)26-20(28)11-24-19(27)10-18-21(25-13(2)29-18)14-3-6-16(23)7-4-14/h3-9H,10-11H2,1-2H3,(H,24,27)(H,26,28). The fraction of sp³-hybridized carbons (Fsp3) is 0.190. The maximum absolute atomic E-state index is 13.2. The van der Waals surface area contributed by atoms with Crippen molar-refractivity contribution in [2.24, 2.45) is 0 Å². The molecule has 1 heterocycles. The van der Waals surface area contributed by atoms with E-state index in [0.29, 0.717) is 11.4 Å². The van der Waals surface area contributed by atoms with Gasteiger partial charge in [0.1, 0.15) is 5.82 Å². The zero-order valence-corrected chi connectivity index (χ0v) is 18.3. The van der Waals surface area contributed by atoms with Crippen LogP contribution >= 0.6 is 27.3 Å². The van der Waals surface area contributed by atoms with Crippen LogP contribution in [0.5, 0.6) is 0 Å². The lowest BCUT2D eigenvalue weighted by atomic mass is 10.1. The molecule has 0 fully saturated rings. The van der Waals surface area contributed by atoms with Crippen LogP contribution in [0.4, 0.5) is 10.1 Å². The van der Waals surface area contributed by atoms with Crippen molar-refractivity contribution >= 4 is 44.8 Å². The predicted octanol–water partition coefficient (Wildman–Crippen LogP) is 4.63. The topological polar surface area (TPSA) is 71.1 Å². The molecule has 0 aliphatic rings. The molecule has 2 N–H and O–H groups in total. The van der Waals surface area contributed by atoms with E-state index in [4.69, 9.17) is 0 Å². The summed E-state index contributed by atoms with van der Waals surface area (Å²) in [5, 5.41) is 6.24. The van der Waals surface area contributed by atoms with Gasteiger partial charge in [0.15, 0.2) is 0 Å². The smallest absolute Gasteiger partial charge is 0.243 e. The van der Waals surface area contributed by atoms with Crippen molar-refractivity contribution < 1.29 is 14.0 Å². The number of carbonyl (C=O) groups excluding carboxylic acids is 2. The molecule has 8 heteroatoms. The van der Waals surface area contributed by atoms with Gasteiger partial charge in [-0.2, -0.15) is 0 Å². The first-order chi connectivity index (χ1) is 13.8. The third kappa shape index (κ3) is 5.71. The SMILES string of the molecule is Cc1nc(-c2ccc(F)cc2)c(CC(=O)NCC(=O)Nc2ccc(Br)cc2C)s1. The van der Waals surface area contributed by atoms with Gasteiger partial charge >= 0.3 is 0 Å². The first-order valence-electron chi connectivity index (χ1n) is 8.87. The van der Waals surface area contributed by atoms with Crippen LogP contribution in [0.1, 0.15) is 15.4 Å². The number of hydrogen-bond acceptors (Lipinski definition) is 4. The first kappa shape index (κ1) is 21.1. The quantitative estimate of drug-likeness (QED) is 0.545. The Morgan fingerprint density at radius 2 is 1.83 bits per heavy atom. The van der Waals surface area contributed by atoms with E-state index in [0.717, 1.165) is 25.5 Å². The zero-order valence-electron chi connectivity index (χ0n) is 15.9. The van der Waals surface area contributed by atoms with Gasteiger partial charge in [-0.05, 0) is 61.9 Å². The number of thiazole rings is 1. The van der Waals surface area contributed by atoms with Crippen LogP contribution in [0.15, 0.2) is 46.9 Å². The highest BCUT2D eigenvalue weighted by Gasteiger charge is 2.16. The van der Waals surface area contributed by atoms with Gasteiger partial charge in [0, 0.05) is 20.6 Å². The molecular formula is C21H19BrFN3O2S. The van der Waals surface area contributed by atoms with Crippen molar-refractivity contribution in [3.63, 3.8) is 0 Å². The largest absolute Gasteiger partial charge is 0.347 e. The van der Waals surface area contributed by atoms with Crippen molar-refractivity contribution in [1.29, 1.82) is 0 Å². The maximum Gasteiger partial charge on any atom is 0.243 e. The average molecular weight is 476 g/mol. The van der Waals surface area contributed by atoms with Gasteiger partial charge in [-0.1, -0.05) is 15.9 Å². The molecule has 0 bridgehead atoms. The molecule has 0 atom stereocenters. The molecule has 29 heavy (non-hydrogen) atoms. The second-order valence-electron chi connectivity index (χ2n) is 6.47. The minimum absolute atomic E-state index is 0.100. The van der Waals surface area contributed by atoms with Gasteiger partial charge in [-0.25, -0.2) is 9.37 Å². The highest BCUT2D eigenvalue weighted by atomic mass is 79.9. The van der Waals surface area contributed by atoms with Crippen molar-refractivity contribution in [2.75, 3.05) is 11.9 Å². The Hall–Kier alpha value is -2.58. The van der Waals surface area contributed by atoms with E-state index in [9.17, 15) is 14.0 Å². The highest BCUT2D eigenvalue weighted by Crippen LogP contribution is 2.28. The van der Waals surface area contributed by atoms with Crippen molar-refractivity contribution in [3.8, 4) is 11.3 Å². The summed E-state index contributed by atoms with van der Waals surface area (Å²) in [6, 6.07) is 11.5. The van der Waals surface area contributed by atoms with E-state index in [-0.39, 0.29) is 30.6 Å². The van der Waals surface area contributed by atoms with Crippen LogP contribution in [-0.2, 0) is 16.0 Å². The predicted molar refractivity (Wildman–Crippen MR) is 116 cm³/mol. The van der Waals surface area contributed by atoms with Crippen LogP contribution in [0.25, 0.3) is 11.3 Å². The van der Waals surface area contributed by atoms with Gasteiger partial charge in [0.2, 0.25) is 11.8 Å². The summed E-state index contributed by atoms with van der Waals surface area (Å²) in [7, 11) is 0. The summed E-state index contributed by atoms with van der Waals surface area (Å²) in [6.07, 6.45) is 0.100. The molecule has 0 unspecified atom stereocenters. The van der Waals surface area contributed by atoms with E-state index in [1.54, 1.807) is 18.2 Å². The van der Waals surface area contributed by atoms with Gasteiger partial charge in [-0.3, -0.25) is 9.59 Å². The number of anilines is 1. The number of benzene rings is 2. The van der Waals surface area contributed by atoms with Gasteiger partial charge in [0.05, 0.1) is 23.7 Å². The molecule has 3 aromatic rings. The minimum atomic E-state index is -0.327. The number of rotatable bonds is 6. The van der Waals surface area contributed by atoms with E-state index >= 15 is 0 Å². The number of carbonyl (C=O) groups is 2. The number of hydrogen-bond donors (Lipinski definition) is 2. The van der Waals surface area contributed by atoms with Crippen LogP contribution in [0.3, 0.4) is 0 Å². The number of amides is 2. The molecular weight excluding hydrogens is 457 g/mol.